The molecule has 0 aromatic heterocycles. The molecule has 1 atom stereocenters. The summed E-state index contributed by atoms with van der Waals surface area (Å²) in [5.41, 5.74) is 0.325. The Balaban J connectivity index is 1.29. The number of carbonyl (C=O) groups is 3. The lowest BCUT2D eigenvalue weighted by atomic mass is 10.1. The minimum absolute atomic E-state index is 0.0439. The Morgan fingerprint density at radius 1 is 0.953 bits per heavy atom. The Bertz CT molecular complexity index is 1490. The SMILES string of the molecule is O=C(COc1ccc(Cl)c(F)c1)NCCCNC(=O)C1CN(C(=O)c2ccc(OC(F)(F)F)cc2)c2cc(Cl)ccc2O1. The van der Waals surface area contributed by atoms with E-state index in [0.29, 0.717) is 11.4 Å². The molecular formula is C28H23Cl2F4N3O6. The smallest absolute Gasteiger partial charge is 0.484 e. The van der Waals surface area contributed by atoms with E-state index in [9.17, 15) is 31.9 Å². The molecule has 1 unspecified atom stereocenters. The van der Waals surface area contributed by atoms with Crippen LogP contribution in [0.2, 0.25) is 10.0 Å². The van der Waals surface area contributed by atoms with Crippen molar-refractivity contribution >= 4 is 46.6 Å². The summed E-state index contributed by atoms with van der Waals surface area (Å²) >= 11 is 11.7. The first-order chi connectivity index (χ1) is 20.4. The van der Waals surface area contributed by atoms with Gasteiger partial charge in [-0.2, -0.15) is 0 Å². The van der Waals surface area contributed by atoms with Gasteiger partial charge in [-0.05, 0) is 61.0 Å². The number of fused-ring (bicyclic) bond motifs is 1. The second kappa shape index (κ2) is 13.8. The number of hydrogen-bond acceptors (Lipinski definition) is 6. The minimum atomic E-state index is -4.88. The highest BCUT2D eigenvalue weighted by Crippen LogP contribution is 2.37. The second-order valence-corrected chi connectivity index (χ2v) is 9.91. The predicted octanol–water partition coefficient (Wildman–Crippen LogP) is 5.14. The molecule has 3 aromatic rings. The molecule has 3 amide bonds. The maximum atomic E-state index is 13.5. The van der Waals surface area contributed by atoms with E-state index in [-0.39, 0.29) is 54.0 Å². The summed E-state index contributed by atoms with van der Waals surface area (Å²) in [4.78, 5) is 39.5. The number of alkyl halides is 3. The van der Waals surface area contributed by atoms with Gasteiger partial charge < -0.3 is 29.7 Å². The molecule has 4 rings (SSSR count). The van der Waals surface area contributed by atoms with E-state index in [2.05, 4.69) is 15.4 Å². The van der Waals surface area contributed by atoms with Gasteiger partial charge >= 0.3 is 6.36 Å². The summed E-state index contributed by atoms with van der Waals surface area (Å²) in [7, 11) is 0. The van der Waals surface area contributed by atoms with E-state index in [1.54, 1.807) is 0 Å². The van der Waals surface area contributed by atoms with Crippen LogP contribution in [0.5, 0.6) is 17.2 Å². The lowest BCUT2D eigenvalue weighted by molar-refractivity contribution is -0.274. The first kappa shape index (κ1) is 31.7. The highest BCUT2D eigenvalue weighted by molar-refractivity contribution is 6.31. The van der Waals surface area contributed by atoms with E-state index in [1.807, 2.05) is 0 Å². The average Bonchev–Trinajstić information content (AvgIpc) is 2.96. The summed E-state index contributed by atoms with van der Waals surface area (Å²) in [6.07, 6.45) is -5.65. The molecule has 0 spiro atoms. The molecule has 9 nitrogen and oxygen atoms in total. The van der Waals surface area contributed by atoms with Crippen LogP contribution < -0.4 is 29.7 Å². The van der Waals surface area contributed by atoms with Crippen molar-refractivity contribution in [2.24, 2.45) is 0 Å². The lowest BCUT2D eigenvalue weighted by Gasteiger charge is -2.34. The van der Waals surface area contributed by atoms with Crippen molar-refractivity contribution in [2.75, 3.05) is 31.1 Å². The molecule has 0 bridgehead atoms. The summed E-state index contributed by atoms with van der Waals surface area (Å²) in [6.45, 7) is -0.208. The summed E-state index contributed by atoms with van der Waals surface area (Å²) < 4.78 is 65.8. The minimum Gasteiger partial charge on any atom is -0.484 e. The number of ether oxygens (including phenoxy) is 3. The van der Waals surface area contributed by atoms with Crippen LogP contribution in [0.1, 0.15) is 16.8 Å². The summed E-state index contributed by atoms with van der Waals surface area (Å²) in [5.74, 6) is -2.42. The third-order valence-corrected chi connectivity index (χ3v) is 6.48. The molecule has 1 heterocycles. The van der Waals surface area contributed by atoms with Gasteiger partial charge in [0.1, 0.15) is 23.1 Å². The predicted molar refractivity (Wildman–Crippen MR) is 148 cm³/mol. The van der Waals surface area contributed by atoms with Gasteiger partial charge in [0.05, 0.1) is 17.3 Å². The topological polar surface area (TPSA) is 106 Å². The Labute approximate surface area is 252 Å². The Morgan fingerprint density at radius 3 is 2.35 bits per heavy atom. The van der Waals surface area contributed by atoms with Gasteiger partial charge in [-0.15, -0.1) is 13.2 Å². The molecule has 228 valence electrons. The zero-order valence-electron chi connectivity index (χ0n) is 22.1. The second-order valence-electron chi connectivity index (χ2n) is 9.07. The number of rotatable bonds is 10. The third kappa shape index (κ3) is 8.88. The number of nitrogens with one attached hydrogen (secondary N) is 2. The number of anilines is 1. The fourth-order valence-corrected chi connectivity index (χ4v) is 4.23. The molecule has 0 aliphatic carbocycles. The average molecular weight is 644 g/mol. The molecule has 0 fully saturated rings. The van der Waals surface area contributed by atoms with E-state index >= 15 is 0 Å². The fourth-order valence-electron chi connectivity index (χ4n) is 3.95. The molecule has 15 heteroatoms. The fraction of sp³-hybridized carbons (Fsp3) is 0.250. The highest BCUT2D eigenvalue weighted by atomic mass is 35.5. The van der Waals surface area contributed by atoms with Crippen LogP contribution in [0.25, 0.3) is 0 Å². The summed E-state index contributed by atoms with van der Waals surface area (Å²) in [6, 6.07) is 12.6. The van der Waals surface area contributed by atoms with Crippen molar-refractivity contribution in [3.63, 3.8) is 0 Å². The van der Waals surface area contributed by atoms with Crippen LogP contribution in [0.3, 0.4) is 0 Å². The van der Waals surface area contributed by atoms with Crippen molar-refractivity contribution < 1.29 is 46.2 Å². The van der Waals surface area contributed by atoms with Gasteiger partial charge in [0.25, 0.3) is 17.7 Å². The zero-order chi connectivity index (χ0) is 31.1. The maximum Gasteiger partial charge on any atom is 0.573 e. The van der Waals surface area contributed by atoms with Crippen molar-refractivity contribution in [3.8, 4) is 17.2 Å². The first-order valence-electron chi connectivity index (χ1n) is 12.7. The van der Waals surface area contributed by atoms with Crippen molar-refractivity contribution in [1.29, 1.82) is 0 Å². The van der Waals surface area contributed by atoms with Crippen LogP contribution in [0, 0.1) is 5.82 Å². The van der Waals surface area contributed by atoms with Crippen molar-refractivity contribution in [3.05, 3.63) is 82.1 Å². The zero-order valence-corrected chi connectivity index (χ0v) is 23.6. The molecule has 1 aliphatic rings. The van der Waals surface area contributed by atoms with E-state index < -0.39 is 41.8 Å². The van der Waals surface area contributed by atoms with Gasteiger partial charge in [-0.3, -0.25) is 14.4 Å². The molecule has 3 aromatic carbocycles. The van der Waals surface area contributed by atoms with Crippen LogP contribution >= 0.6 is 23.2 Å². The van der Waals surface area contributed by atoms with Crippen molar-refractivity contribution in [1.82, 2.24) is 10.6 Å². The lowest BCUT2D eigenvalue weighted by Crippen LogP contribution is -2.51. The van der Waals surface area contributed by atoms with Crippen LogP contribution in [-0.2, 0) is 9.59 Å². The number of amides is 3. The number of carbonyl (C=O) groups excluding carboxylic acids is 3. The monoisotopic (exact) mass is 643 g/mol. The van der Waals surface area contributed by atoms with E-state index in [4.69, 9.17) is 32.7 Å². The molecule has 0 saturated heterocycles. The van der Waals surface area contributed by atoms with E-state index in [0.717, 1.165) is 18.2 Å². The number of benzene rings is 3. The standard InChI is InChI=1S/C28H23Cl2F4N3O6/c29-17-4-9-23-22(12-17)37(27(40)16-2-5-18(6-3-16)43-28(32,33)34)14-24(42-23)26(39)36-11-1-10-35-25(38)15-41-19-7-8-20(30)21(31)13-19/h2-9,12-13,24H,1,10-11,14-15H2,(H,35,38)(H,36,39). The van der Waals surface area contributed by atoms with Gasteiger partial charge in [0.2, 0.25) is 0 Å². The molecule has 2 N–H and O–H groups in total. The Hall–Kier alpha value is -4.23. The quantitative estimate of drug-likeness (QED) is 0.234. The van der Waals surface area contributed by atoms with Crippen LogP contribution in [0.15, 0.2) is 60.7 Å². The van der Waals surface area contributed by atoms with Gasteiger partial charge in [-0.1, -0.05) is 23.2 Å². The third-order valence-electron chi connectivity index (χ3n) is 5.94. The van der Waals surface area contributed by atoms with Crippen LogP contribution in [-0.4, -0.2) is 56.4 Å². The number of nitrogens with zero attached hydrogens (tertiary/aromatic N) is 1. The first-order valence-corrected chi connectivity index (χ1v) is 13.4. The summed E-state index contributed by atoms with van der Waals surface area (Å²) in [5, 5.41) is 5.51. The Kier molecular flexibility index (Phi) is 10.2. The highest BCUT2D eigenvalue weighted by Gasteiger charge is 2.35. The van der Waals surface area contributed by atoms with Gasteiger partial charge in [0.15, 0.2) is 12.7 Å². The molecule has 43 heavy (non-hydrogen) atoms. The molecule has 0 saturated carbocycles. The molecular weight excluding hydrogens is 621 g/mol. The van der Waals surface area contributed by atoms with E-state index in [1.165, 1.54) is 47.4 Å². The largest absolute Gasteiger partial charge is 0.573 e. The van der Waals surface area contributed by atoms with Gasteiger partial charge in [-0.25, -0.2) is 4.39 Å². The maximum absolute atomic E-state index is 13.5. The van der Waals surface area contributed by atoms with Crippen molar-refractivity contribution in [2.45, 2.75) is 18.9 Å². The normalized spacial score (nSPS) is 14.3. The molecule has 0 radical (unpaired) electrons. The number of halogens is 6. The van der Waals surface area contributed by atoms with Crippen LogP contribution in [0.4, 0.5) is 23.2 Å². The Morgan fingerprint density at radius 2 is 1.65 bits per heavy atom. The molecule has 1 aliphatic heterocycles. The van der Waals surface area contributed by atoms with Gasteiger partial charge in [0, 0.05) is 29.7 Å². The number of hydrogen-bond donors (Lipinski definition) is 2.